The van der Waals surface area contributed by atoms with Crippen LogP contribution < -0.4 is 4.74 Å². The van der Waals surface area contributed by atoms with E-state index >= 15 is 0 Å². The van der Waals surface area contributed by atoms with Crippen molar-refractivity contribution in [3.63, 3.8) is 0 Å². The molecule has 77 valence electrons. The van der Waals surface area contributed by atoms with Crippen molar-refractivity contribution in [3.8, 4) is 5.75 Å². The van der Waals surface area contributed by atoms with Crippen molar-refractivity contribution in [2.45, 2.75) is 13.1 Å². The third-order valence-corrected chi connectivity index (χ3v) is 1.69. The van der Waals surface area contributed by atoms with Crippen molar-refractivity contribution in [2.75, 3.05) is 6.61 Å². The standard InChI is InChI=1S/C10H10F3O/c1-3-14-9-6-8(10(11,12)13)5-4-7(9)2/h4-6H,2-3H2,1H3. The van der Waals surface area contributed by atoms with E-state index in [9.17, 15) is 13.2 Å². The Bertz CT molecular complexity index is 318. The minimum Gasteiger partial charge on any atom is -0.494 e. The Morgan fingerprint density at radius 1 is 1.36 bits per heavy atom. The summed E-state index contributed by atoms with van der Waals surface area (Å²) in [5.74, 6) is 0.183. The summed E-state index contributed by atoms with van der Waals surface area (Å²) in [6.45, 7) is 5.60. The predicted molar refractivity (Wildman–Crippen MR) is 47.1 cm³/mol. The molecule has 0 aliphatic rings. The van der Waals surface area contributed by atoms with Gasteiger partial charge in [-0.1, -0.05) is 6.07 Å². The molecule has 0 saturated carbocycles. The van der Waals surface area contributed by atoms with E-state index in [1.807, 2.05) is 0 Å². The molecule has 1 aromatic rings. The van der Waals surface area contributed by atoms with Gasteiger partial charge in [-0.2, -0.15) is 13.2 Å². The highest BCUT2D eigenvalue weighted by atomic mass is 19.4. The van der Waals surface area contributed by atoms with Gasteiger partial charge in [0.2, 0.25) is 0 Å². The van der Waals surface area contributed by atoms with Gasteiger partial charge in [0.25, 0.3) is 0 Å². The Kier molecular flexibility index (Phi) is 3.03. The summed E-state index contributed by atoms with van der Waals surface area (Å²) in [4.78, 5) is 0. The smallest absolute Gasteiger partial charge is 0.416 e. The number of alkyl halides is 3. The van der Waals surface area contributed by atoms with Gasteiger partial charge in [-0.15, -0.1) is 0 Å². The van der Waals surface area contributed by atoms with Gasteiger partial charge < -0.3 is 4.74 Å². The van der Waals surface area contributed by atoms with Crippen LogP contribution in [0.4, 0.5) is 13.2 Å². The first kappa shape index (κ1) is 10.9. The maximum absolute atomic E-state index is 12.3. The van der Waals surface area contributed by atoms with E-state index in [4.69, 9.17) is 4.74 Å². The quantitative estimate of drug-likeness (QED) is 0.716. The molecule has 0 saturated heterocycles. The fourth-order valence-corrected chi connectivity index (χ4v) is 1.02. The van der Waals surface area contributed by atoms with Crippen LogP contribution in [0.25, 0.3) is 0 Å². The Morgan fingerprint density at radius 3 is 2.50 bits per heavy atom. The van der Waals surface area contributed by atoms with Gasteiger partial charge in [-0.3, -0.25) is 0 Å². The van der Waals surface area contributed by atoms with E-state index in [1.54, 1.807) is 6.92 Å². The Balaban J connectivity index is 3.06. The van der Waals surface area contributed by atoms with Crippen molar-refractivity contribution < 1.29 is 17.9 Å². The second-order valence-electron chi connectivity index (χ2n) is 2.75. The summed E-state index contributed by atoms with van der Waals surface area (Å²) in [5.41, 5.74) is -0.256. The average Bonchev–Trinajstić information content (AvgIpc) is 2.07. The van der Waals surface area contributed by atoms with E-state index in [2.05, 4.69) is 6.92 Å². The lowest BCUT2D eigenvalue weighted by molar-refractivity contribution is -0.137. The van der Waals surface area contributed by atoms with Gasteiger partial charge in [-0.05, 0) is 31.5 Å². The van der Waals surface area contributed by atoms with E-state index < -0.39 is 11.7 Å². The molecule has 0 spiro atoms. The SMILES string of the molecule is [CH2]c1ccc(C(F)(F)F)cc1OCC. The first-order chi connectivity index (χ1) is 6.45. The highest BCUT2D eigenvalue weighted by Gasteiger charge is 2.30. The number of benzene rings is 1. The monoisotopic (exact) mass is 203 g/mol. The van der Waals surface area contributed by atoms with Crippen LogP contribution in [0.15, 0.2) is 18.2 Å². The second-order valence-corrected chi connectivity index (χ2v) is 2.75. The zero-order valence-corrected chi connectivity index (χ0v) is 7.69. The molecular formula is C10H10F3O. The molecule has 0 aromatic heterocycles. The topological polar surface area (TPSA) is 9.23 Å². The normalized spacial score (nSPS) is 11.5. The highest BCUT2D eigenvalue weighted by molar-refractivity contribution is 5.40. The van der Waals surface area contributed by atoms with Crippen LogP contribution in [0, 0.1) is 6.92 Å². The molecule has 14 heavy (non-hydrogen) atoms. The van der Waals surface area contributed by atoms with Gasteiger partial charge in [0.15, 0.2) is 0 Å². The minimum atomic E-state index is -4.33. The fourth-order valence-electron chi connectivity index (χ4n) is 1.02. The van der Waals surface area contributed by atoms with E-state index in [0.717, 1.165) is 12.1 Å². The van der Waals surface area contributed by atoms with Gasteiger partial charge in [0.1, 0.15) is 5.75 Å². The second kappa shape index (κ2) is 3.90. The van der Waals surface area contributed by atoms with Crippen LogP contribution in [0.1, 0.15) is 18.1 Å². The number of hydrogen-bond donors (Lipinski definition) is 0. The molecule has 1 aromatic carbocycles. The van der Waals surface area contributed by atoms with Crippen molar-refractivity contribution in [1.82, 2.24) is 0 Å². The maximum atomic E-state index is 12.3. The molecule has 0 heterocycles. The lowest BCUT2D eigenvalue weighted by atomic mass is 10.1. The van der Waals surface area contributed by atoms with Gasteiger partial charge in [0, 0.05) is 0 Å². The summed E-state index contributed by atoms with van der Waals surface area (Å²) < 4.78 is 41.8. The van der Waals surface area contributed by atoms with Crippen LogP contribution in [0.3, 0.4) is 0 Å². The number of hydrogen-bond acceptors (Lipinski definition) is 1. The zero-order chi connectivity index (χ0) is 10.8. The van der Waals surface area contributed by atoms with Gasteiger partial charge in [-0.25, -0.2) is 0 Å². The molecule has 1 radical (unpaired) electrons. The number of halogens is 3. The molecule has 4 heteroatoms. The van der Waals surface area contributed by atoms with E-state index in [0.29, 0.717) is 12.2 Å². The Labute approximate surface area is 80.5 Å². The molecule has 0 atom stereocenters. The summed E-state index contributed by atoms with van der Waals surface area (Å²) >= 11 is 0. The van der Waals surface area contributed by atoms with Crippen molar-refractivity contribution >= 4 is 0 Å². The predicted octanol–water partition coefficient (Wildman–Crippen LogP) is 3.29. The average molecular weight is 203 g/mol. The molecule has 0 aliphatic carbocycles. The molecule has 0 aliphatic heterocycles. The third-order valence-electron chi connectivity index (χ3n) is 1.69. The molecule has 0 bridgehead atoms. The summed E-state index contributed by atoms with van der Waals surface area (Å²) in [6, 6.07) is 3.25. The summed E-state index contributed by atoms with van der Waals surface area (Å²) in [6.07, 6.45) is -4.33. The van der Waals surface area contributed by atoms with Crippen LogP contribution >= 0.6 is 0 Å². The first-order valence-corrected chi connectivity index (χ1v) is 4.11. The summed E-state index contributed by atoms with van der Waals surface area (Å²) in [7, 11) is 0. The lowest BCUT2D eigenvalue weighted by Gasteiger charge is -2.11. The van der Waals surface area contributed by atoms with Crippen molar-refractivity contribution in [1.29, 1.82) is 0 Å². The lowest BCUT2D eigenvalue weighted by Crippen LogP contribution is -2.06. The third kappa shape index (κ3) is 2.40. The van der Waals surface area contributed by atoms with E-state index in [-0.39, 0.29) is 5.75 Å². The molecule has 0 fully saturated rings. The fraction of sp³-hybridized carbons (Fsp3) is 0.300. The minimum absolute atomic E-state index is 0.183. The van der Waals surface area contributed by atoms with Crippen LogP contribution in [-0.2, 0) is 6.18 Å². The van der Waals surface area contributed by atoms with Crippen LogP contribution in [-0.4, -0.2) is 6.61 Å². The first-order valence-electron chi connectivity index (χ1n) is 4.11. The zero-order valence-electron chi connectivity index (χ0n) is 7.69. The van der Waals surface area contributed by atoms with Crippen LogP contribution in [0.2, 0.25) is 0 Å². The van der Waals surface area contributed by atoms with Crippen LogP contribution in [0.5, 0.6) is 5.75 Å². The Morgan fingerprint density at radius 2 is 2.00 bits per heavy atom. The van der Waals surface area contributed by atoms with Gasteiger partial charge in [0.05, 0.1) is 12.2 Å². The molecule has 1 nitrogen and oxygen atoms in total. The molecular weight excluding hydrogens is 193 g/mol. The number of rotatable bonds is 2. The number of ether oxygens (including phenoxy) is 1. The van der Waals surface area contributed by atoms with E-state index in [1.165, 1.54) is 6.07 Å². The largest absolute Gasteiger partial charge is 0.494 e. The molecule has 0 amide bonds. The summed E-state index contributed by atoms with van der Waals surface area (Å²) in [5, 5.41) is 0. The van der Waals surface area contributed by atoms with Crippen molar-refractivity contribution in [2.24, 2.45) is 0 Å². The van der Waals surface area contributed by atoms with Gasteiger partial charge >= 0.3 is 6.18 Å². The molecule has 1 rings (SSSR count). The Hall–Kier alpha value is -1.19. The van der Waals surface area contributed by atoms with Crippen molar-refractivity contribution in [3.05, 3.63) is 36.2 Å². The highest BCUT2D eigenvalue weighted by Crippen LogP contribution is 2.32. The molecule has 0 unspecified atom stereocenters. The maximum Gasteiger partial charge on any atom is 0.416 e. The molecule has 0 N–H and O–H groups in total.